The number of anilines is 1. The molecule has 2 N–H and O–H groups in total. The second-order valence-corrected chi connectivity index (χ2v) is 4.46. The number of urea groups is 1. The fourth-order valence-electron chi connectivity index (χ4n) is 1.57. The van der Waals surface area contributed by atoms with Crippen molar-refractivity contribution in [2.45, 2.75) is 13.3 Å². The van der Waals surface area contributed by atoms with Gasteiger partial charge in [0.05, 0.1) is 22.3 Å². The van der Waals surface area contributed by atoms with Crippen molar-refractivity contribution in [1.82, 2.24) is 4.90 Å². The molecule has 0 saturated heterocycles. The van der Waals surface area contributed by atoms with Crippen LogP contribution < -0.4 is 5.32 Å². The smallest absolute Gasteiger partial charge is 0.323 e. The van der Waals surface area contributed by atoms with Crippen LogP contribution in [0.1, 0.15) is 18.9 Å². The zero-order chi connectivity index (χ0) is 15.1. The van der Waals surface area contributed by atoms with Crippen LogP contribution in [0.15, 0.2) is 18.2 Å². The molecule has 0 atom stereocenters. The molecule has 0 saturated carbocycles. The van der Waals surface area contributed by atoms with Crippen molar-refractivity contribution in [2.75, 3.05) is 18.4 Å². The third-order valence-corrected chi connectivity index (χ3v) is 2.77. The molecule has 1 aromatic rings. The quantitative estimate of drug-likeness (QED) is 0.873. The lowest BCUT2D eigenvalue weighted by molar-refractivity contribution is -0.137. The Kier molecular flexibility index (Phi) is 5.81. The number of amides is 2. The van der Waals surface area contributed by atoms with E-state index in [1.165, 1.54) is 18.2 Å². The number of carboxylic acid groups (broad SMARTS) is 1. The van der Waals surface area contributed by atoms with E-state index in [0.29, 0.717) is 18.5 Å². The molecule has 0 unspecified atom stereocenters. The normalized spacial score (nSPS) is 9.65. The lowest BCUT2D eigenvalue weighted by Gasteiger charge is -2.20. The SMILES string of the molecule is CCCN(CC(=O)O)C(=O)Nc1cc(C#N)ccc1Cl. The third kappa shape index (κ3) is 4.44. The van der Waals surface area contributed by atoms with Crippen LogP contribution in [0.5, 0.6) is 0 Å². The summed E-state index contributed by atoms with van der Waals surface area (Å²) in [6, 6.07) is 5.83. The molecule has 0 aliphatic heterocycles. The Labute approximate surface area is 121 Å². The van der Waals surface area contributed by atoms with Crippen molar-refractivity contribution in [2.24, 2.45) is 0 Å². The van der Waals surface area contributed by atoms with Gasteiger partial charge in [-0.15, -0.1) is 0 Å². The Bertz CT molecular complexity index is 554. The molecule has 2 amide bonds. The molecule has 6 nitrogen and oxygen atoms in total. The van der Waals surface area contributed by atoms with Crippen molar-refractivity contribution in [3.63, 3.8) is 0 Å². The van der Waals surface area contributed by atoms with Gasteiger partial charge in [0.2, 0.25) is 0 Å². The van der Waals surface area contributed by atoms with Crippen molar-refractivity contribution in [3.05, 3.63) is 28.8 Å². The minimum atomic E-state index is -1.09. The fourth-order valence-corrected chi connectivity index (χ4v) is 1.74. The zero-order valence-corrected chi connectivity index (χ0v) is 11.6. The van der Waals surface area contributed by atoms with E-state index in [1.54, 1.807) is 0 Å². The van der Waals surface area contributed by atoms with Crippen LogP contribution in [0.3, 0.4) is 0 Å². The van der Waals surface area contributed by atoms with E-state index in [9.17, 15) is 9.59 Å². The molecule has 0 bridgehead atoms. The number of carboxylic acids is 1. The maximum absolute atomic E-state index is 12.0. The van der Waals surface area contributed by atoms with Gasteiger partial charge in [-0.1, -0.05) is 18.5 Å². The first-order valence-corrected chi connectivity index (χ1v) is 6.33. The van der Waals surface area contributed by atoms with Gasteiger partial charge in [0.1, 0.15) is 6.54 Å². The number of aliphatic carboxylic acids is 1. The van der Waals surface area contributed by atoms with Crippen LogP contribution in [-0.4, -0.2) is 35.1 Å². The summed E-state index contributed by atoms with van der Waals surface area (Å²) in [5.74, 6) is -1.09. The van der Waals surface area contributed by atoms with Crippen LogP contribution >= 0.6 is 11.6 Å². The summed E-state index contributed by atoms with van der Waals surface area (Å²) in [5.41, 5.74) is 0.632. The number of nitrogens with zero attached hydrogens (tertiary/aromatic N) is 2. The molecule has 0 spiro atoms. The number of benzene rings is 1. The highest BCUT2D eigenvalue weighted by Gasteiger charge is 2.17. The van der Waals surface area contributed by atoms with Crippen LogP contribution in [0, 0.1) is 11.3 Å². The molecule has 0 aliphatic carbocycles. The number of hydrogen-bond donors (Lipinski definition) is 2. The largest absolute Gasteiger partial charge is 0.480 e. The maximum atomic E-state index is 12.0. The molecule has 0 heterocycles. The Morgan fingerprint density at radius 1 is 1.50 bits per heavy atom. The second kappa shape index (κ2) is 7.36. The topological polar surface area (TPSA) is 93.4 Å². The van der Waals surface area contributed by atoms with E-state index in [2.05, 4.69) is 5.32 Å². The first-order chi connectivity index (χ1) is 9.47. The molecule has 106 valence electrons. The number of carbonyl (C=O) groups is 2. The number of nitriles is 1. The van der Waals surface area contributed by atoms with Gasteiger partial charge in [0, 0.05) is 6.54 Å². The number of carbonyl (C=O) groups excluding carboxylic acids is 1. The van der Waals surface area contributed by atoms with E-state index in [1.807, 2.05) is 13.0 Å². The molecule has 20 heavy (non-hydrogen) atoms. The summed E-state index contributed by atoms with van der Waals surface area (Å²) in [5, 5.41) is 20.4. The van der Waals surface area contributed by atoms with Gasteiger partial charge < -0.3 is 15.3 Å². The van der Waals surface area contributed by atoms with Gasteiger partial charge >= 0.3 is 12.0 Å². The Morgan fingerprint density at radius 3 is 2.75 bits per heavy atom. The molecule has 1 rings (SSSR count). The molecule has 0 aromatic heterocycles. The summed E-state index contributed by atoms with van der Waals surface area (Å²) in [7, 11) is 0. The molecule has 0 aliphatic rings. The van der Waals surface area contributed by atoms with Gasteiger partial charge in [0.25, 0.3) is 0 Å². The summed E-state index contributed by atoms with van der Waals surface area (Å²) in [4.78, 5) is 23.9. The summed E-state index contributed by atoms with van der Waals surface area (Å²) >= 11 is 5.93. The highest BCUT2D eigenvalue weighted by molar-refractivity contribution is 6.33. The molecule has 7 heteroatoms. The Hall–Kier alpha value is -2.26. The maximum Gasteiger partial charge on any atom is 0.323 e. The van der Waals surface area contributed by atoms with Crippen molar-refractivity contribution < 1.29 is 14.7 Å². The number of hydrogen-bond acceptors (Lipinski definition) is 3. The highest BCUT2D eigenvalue weighted by atomic mass is 35.5. The van der Waals surface area contributed by atoms with Crippen LogP contribution in [0.25, 0.3) is 0 Å². The van der Waals surface area contributed by atoms with Crippen molar-refractivity contribution in [1.29, 1.82) is 5.26 Å². The van der Waals surface area contributed by atoms with Crippen LogP contribution in [0.4, 0.5) is 10.5 Å². The average molecular weight is 296 g/mol. The number of nitrogens with one attached hydrogen (secondary N) is 1. The van der Waals surface area contributed by atoms with E-state index in [-0.39, 0.29) is 10.7 Å². The van der Waals surface area contributed by atoms with E-state index < -0.39 is 18.5 Å². The van der Waals surface area contributed by atoms with Crippen LogP contribution in [-0.2, 0) is 4.79 Å². The minimum absolute atomic E-state index is 0.280. The van der Waals surface area contributed by atoms with Gasteiger partial charge in [0.15, 0.2) is 0 Å². The lowest BCUT2D eigenvalue weighted by atomic mass is 10.2. The lowest BCUT2D eigenvalue weighted by Crippen LogP contribution is -2.39. The first kappa shape index (κ1) is 15.8. The Balaban J connectivity index is 2.87. The summed E-state index contributed by atoms with van der Waals surface area (Å²) < 4.78 is 0. The molecular weight excluding hydrogens is 282 g/mol. The van der Waals surface area contributed by atoms with Gasteiger partial charge in [-0.25, -0.2) is 4.79 Å². The monoisotopic (exact) mass is 295 g/mol. The second-order valence-electron chi connectivity index (χ2n) is 4.05. The Morgan fingerprint density at radius 2 is 2.20 bits per heavy atom. The predicted molar refractivity (Wildman–Crippen MR) is 74.7 cm³/mol. The van der Waals surface area contributed by atoms with E-state index >= 15 is 0 Å². The average Bonchev–Trinajstić information content (AvgIpc) is 2.40. The minimum Gasteiger partial charge on any atom is -0.480 e. The number of halogens is 1. The number of rotatable bonds is 5. The van der Waals surface area contributed by atoms with Crippen LogP contribution in [0.2, 0.25) is 5.02 Å². The van der Waals surface area contributed by atoms with Crippen molar-refractivity contribution >= 4 is 29.3 Å². The van der Waals surface area contributed by atoms with Gasteiger partial charge in [-0.2, -0.15) is 5.26 Å². The third-order valence-electron chi connectivity index (χ3n) is 2.44. The predicted octanol–water partition coefficient (Wildman–Crippen LogP) is 2.54. The fraction of sp³-hybridized carbons (Fsp3) is 0.308. The molecular formula is C13H14ClN3O3. The van der Waals surface area contributed by atoms with Gasteiger partial charge in [-0.05, 0) is 24.6 Å². The van der Waals surface area contributed by atoms with Crippen molar-refractivity contribution in [3.8, 4) is 6.07 Å². The first-order valence-electron chi connectivity index (χ1n) is 5.95. The van der Waals surface area contributed by atoms with Gasteiger partial charge in [-0.3, -0.25) is 4.79 Å². The van der Waals surface area contributed by atoms with E-state index in [4.69, 9.17) is 22.0 Å². The highest BCUT2D eigenvalue weighted by Crippen LogP contribution is 2.23. The molecule has 1 aromatic carbocycles. The summed E-state index contributed by atoms with van der Waals surface area (Å²) in [6.07, 6.45) is 0.632. The zero-order valence-electron chi connectivity index (χ0n) is 10.9. The van der Waals surface area contributed by atoms with E-state index in [0.717, 1.165) is 4.90 Å². The molecule has 0 radical (unpaired) electrons. The molecule has 0 fully saturated rings. The summed E-state index contributed by atoms with van der Waals surface area (Å²) in [6.45, 7) is 1.76. The standard InChI is InChI=1S/C13H14ClN3O3/c1-2-5-17(8-12(18)19)13(20)16-11-6-9(7-15)3-4-10(11)14/h3-4,6H,2,5,8H2,1H3,(H,16,20)(H,18,19).